The average Bonchev–Trinajstić information content (AvgIpc) is 3.30. The van der Waals surface area contributed by atoms with E-state index < -0.39 is 29.2 Å². The largest absolute Gasteiger partial charge is 0.488 e. The van der Waals surface area contributed by atoms with E-state index >= 15 is 0 Å². The Morgan fingerprint density at radius 1 is 0.925 bits per heavy atom. The van der Waals surface area contributed by atoms with E-state index in [4.69, 9.17) is 27.9 Å². The van der Waals surface area contributed by atoms with Crippen molar-refractivity contribution in [3.05, 3.63) is 117 Å². The summed E-state index contributed by atoms with van der Waals surface area (Å²) in [5, 5.41) is 14.3. The predicted octanol–water partition coefficient (Wildman–Crippen LogP) is 7.99. The smallest absolute Gasteiger partial charge is 0.417 e. The number of halogens is 5. The molecule has 0 aliphatic rings. The Kier molecular flexibility index (Phi) is 7.27. The average molecular weight is 585 g/mol. The van der Waals surface area contributed by atoms with Crippen molar-refractivity contribution in [3.8, 4) is 17.0 Å². The van der Waals surface area contributed by atoms with Crippen LogP contribution in [0.4, 0.5) is 13.2 Å². The van der Waals surface area contributed by atoms with Gasteiger partial charge in [0.2, 0.25) is 0 Å². The first kappa shape index (κ1) is 27.2. The van der Waals surface area contributed by atoms with Gasteiger partial charge in [0.25, 0.3) is 5.91 Å². The minimum Gasteiger partial charge on any atom is -0.488 e. The highest BCUT2D eigenvalue weighted by atomic mass is 35.5. The molecule has 0 atom stereocenters. The van der Waals surface area contributed by atoms with Crippen molar-refractivity contribution in [1.82, 2.24) is 9.78 Å². The van der Waals surface area contributed by atoms with Crippen molar-refractivity contribution in [3.63, 3.8) is 0 Å². The quantitative estimate of drug-likeness (QED) is 0.219. The number of carboxylic acids is 1. The molecule has 5 aromatic rings. The lowest BCUT2D eigenvalue weighted by molar-refractivity contribution is -0.137. The first-order valence-electron chi connectivity index (χ1n) is 11.7. The fourth-order valence-electron chi connectivity index (χ4n) is 4.24. The molecule has 0 radical (unpaired) electrons. The molecule has 0 unspecified atom stereocenters. The Labute approximate surface area is 235 Å². The number of benzene rings is 4. The summed E-state index contributed by atoms with van der Waals surface area (Å²) in [4.78, 5) is 25.4. The molecule has 0 saturated heterocycles. The zero-order valence-corrected chi connectivity index (χ0v) is 21.8. The first-order chi connectivity index (χ1) is 19.0. The van der Waals surface area contributed by atoms with Crippen LogP contribution < -0.4 is 4.74 Å². The summed E-state index contributed by atoms with van der Waals surface area (Å²) in [5.74, 6) is -2.28. The molecule has 1 heterocycles. The van der Waals surface area contributed by atoms with E-state index in [2.05, 4.69) is 5.10 Å². The Morgan fingerprint density at radius 2 is 1.68 bits per heavy atom. The van der Waals surface area contributed by atoms with Crippen LogP contribution in [0.25, 0.3) is 22.2 Å². The lowest BCUT2D eigenvalue weighted by Crippen LogP contribution is -2.20. The van der Waals surface area contributed by atoms with E-state index in [1.165, 1.54) is 42.5 Å². The zero-order chi connectivity index (χ0) is 28.6. The van der Waals surface area contributed by atoms with Gasteiger partial charge < -0.3 is 9.84 Å². The molecule has 6 nitrogen and oxygen atoms in total. The number of rotatable bonds is 6. The molecule has 1 N–H and O–H groups in total. The van der Waals surface area contributed by atoms with Crippen LogP contribution in [-0.4, -0.2) is 26.8 Å². The Balaban J connectivity index is 1.65. The summed E-state index contributed by atoms with van der Waals surface area (Å²) < 4.78 is 47.9. The van der Waals surface area contributed by atoms with Gasteiger partial charge in [-0.2, -0.15) is 23.0 Å². The second kappa shape index (κ2) is 10.7. The van der Waals surface area contributed by atoms with Gasteiger partial charge in [-0.1, -0.05) is 65.7 Å². The van der Waals surface area contributed by atoms with E-state index in [-0.39, 0.29) is 39.2 Å². The Morgan fingerprint density at radius 3 is 2.38 bits per heavy atom. The maximum absolute atomic E-state index is 13.8. The molecule has 40 heavy (non-hydrogen) atoms. The number of aromatic nitrogens is 2. The molecular formula is C29H17Cl2F3N2O4. The Hall–Kier alpha value is -4.34. The van der Waals surface area contributed by atoms with Gasteiger partial charge in [0.15, 0.2) is 0 Å². The summed E-state index contributed by atoms with van der Waals surface area (Å²) >= 11 is 12.3. The van der Waals surface area contributed by atoms with Crippen LogP contribution in [0.2, 0.25) is 10.0 Å². The highest BCUT2D eigenvalue weighted by Crippen LogP contribution is 2.38. The predicted molar refractivity (Wildman–Crippen MR) is 144 cm³/mol. The third-order valence-corrected chi connectivity index (χ3v) is 6.64. The molecule has 0 aliphatic heterocycles. The van der Waals surface area contributed by atoms with Crippen LogP contribution >= 0.6 is 23.2 Å². The molecule has 0 aliphatic carbocycles. The molecule has 0 spiro atoms. The van der Waals surface area contributed by atoms with Gasteiger partial charge in [-0.3, -0.25) is 4.79 Å². The number of carbonyl (C=O) groups excluding carboxylic acids is 1. The zero-order valence-electron chi connectivity index (χ0n) is 20.2. The molecule has 5 rings (SSSR count). The second-order valence-electron chi connectivity index (χ2n) is 8.68. The fraction of sp³-hybridized carbons (Fsp3) is 0.0690. The van der Waals surface area contributed by atoms with Crippen LogP contribution in [0.15, 0.2) is 84.9 Å². The van der Waals surface area contributed by atoms with Gasteiger partial charge >= 0.3 is 12.1 Å². The number of fused-ring (bicyclic) bond motifs is 1. The van der Waals surface area contributed by atoms with Crippen molar-refractivity contribution >= 4 is 46.0 Å². The fourth-order valence-corrected chi connectivity index (χ4v) is 4.67. The molecular weight excluding hydrogens is 568 g/mol. The van der Waals surface area contributed by atoms with E-state index in [1.54, 1.807) is 0 Å². The summed E-state index contributed by atoms with van der Waals surface area (Å²) in [6, 6.07) is 20.8. The van der Waals surface area contributed by atoms with Gasteiger partial charge in [-0.25, -0.2) is 4.79 Å². The molecule has 11 heteroatoms. The number of nitrogens with zero attached hydrogens (tertiary/aromatic N) is 2. The summed E-state index contributed by atoms with van der Waals surface area (Å²) in [6.07, 6.45) is -4.84. The van der Waals surface area contributed by atoms with Crippen molar-refractivity contribution in [2.24, 2.45) is 0 Å². The summed E-state index contributed by atoms with van der Waals surface area (Å²) in [7, 11) is 0. The van der Waals surface area contributed by atoms with Crippen LogP contribution in [0, 0.1) is 0 Å². The van der Waals surface area contributed by atoms with Gasteiger partial charge in [-0.05, 0) is 48.0 Å². The molecule has 0 amide bonds. The van der Waals surface area contributed by atoms with Crippen LogP contribution in [-0.2, 0) is 12.8 Å². The van der Waals surface area contributed by atoms with E-state index in [9.17, 15) is 27.9 Å². The molecule has 1 aromatic heterocycles. The van der Waals surface area contributed by atoms with Crippen molar-refractivity contribution in [2.45, 2.75) is 12.8 Å². The van der Waals surface area contributed by atoms with Crippen LogP contribution in [0.5, 0.6) is 5.75 Å². The van der Waals surface area contributed by atoms with E-state index in [0.717, 1.165) is 22.4 Å². The monoisotopic (exact) mass is 584 g/mol. The van der Waals surface area contributed by atoms with Gasteiger partial charge in [0.05, 0.1) is 21.7 Å². The number of aromatic carboxylic acids is 1. The summed E-state index contributed by atoms with van der Waals surface area (Å²) in [6.45, 7) is 0.0802. The van der Waals surface area contributed by atoms with Crippen molar-refractivity contribution in [1.29, 1.82) is 0 Å². The number of ether oxygens (including phenoxy) is 1. The minimum absolute atomic E-state index is 0.0374. The Bertz CT molecular complexity index is 1770. The molecule has 0 saturated carbocycles. The second-order valence-corrected chi connectivity index (χ2v) is 9.52. The van der Waals surface area contributed by atoms with Gasteiger partial charge in [0, 0.05) is 16.0 Å². The lowest BCUT2D eigenvalue weighted by Gasteiger charge is -2.13. The number of hydrogen-bond acceptors (Lipinski definition) is 4. The lowest BCUT2D eigenvalue weighted by atomic mass is 10.0. The number of carboxylic acid groups (broad SMARTS) is 1. The van der Waals surface area contributed by atoms with Gasteiger partial charge in [0.1, 0.15) is 23.6 Å². The number of carbonyl (C=O) groups is 2. The first-order valence-corrected chi connectivity index (χ1v) is 12.4. The standard InChI is InChI=1S/C29H17Cl2F3N2O4/c30-18-10-12-23-20(14-18)26(35-36(23)27(37)25-21(29(32,33)34)7-4-8-22(25)31)17-9-11-19(28(38)39)24(13-17)40-15-16-5-2-1-3-6-16/h1-14H,15H2,(H,38,39). The molecule has 4 aromatic carbocycles. The third-order valence-electron chi connectivity index (χ3n) is 6.09. The molecule has 0 bridgehead atoms. The maximum Gasteiger partial charge on any atom is 0.417 e. The summed E-state index contributed by atoms with van der Waals surface area (Å²) in [5.41, 5.74) is -0.566. The van der Waals surface area contributed by atoms with Crippen molar-refractivity contribution in [2.75, 3.05) is 0 Å². The molecule has 202 valence electrons. The normalized spacial score (nSPS) is 11.5. The molecule has 0 fully saturated rings. The van der Waals surface area contributed by atoms with Crippen LogP contribution in [0.1, 0.15) is 31.8 Å². The van der Waals surface area contributed by atoms with Gasteiger partial charge in [-0.15, -0.1) is 0 Å². The SMILES string of the molecule is O=C(O)c1ccc(-c2nn(C(=O)c3c(Cl)cccc3C(F)(F)F)c3ccc(Cl)cc23)cc1OCc1ccccc1. The highest BCUT2D eigenvalue weighted by Gasteiger charge is 2.37. The van der Waals surface area contributed by atoms with E-state index in [1.807, 2.05) is 30.3 Å². The minimum atomic E-state index is -4.84. The van der Waals surface area contributed by atoms with E-state index in [0.29, 0.717) is 10.9 Å². The maximum atomic E-state index is 13.8. The number of alkyl halides is 3. The number of hydrogen-bond donors (Lipinski definition) is 1. The third kappa shape index (κ3) is 5.25. The van der Waals surface area contributed by atoms with Crippen molar-refractivity contribution < 1.29 is 32.6 Å². The van der Waals surface area contributed by atoms with Crippen LogP contribution in [0.3, 0.4) is 0 Å². The topological polar surface area (TPSA) is 81.4 Å². The highest BCUT2D eigenvalue weighted by molar-refractivity contribution is 6.34.